The number of hydrogen-bond acceptors (Lipinski definition) is 3. The fourth-order valence-electron chi connectivity index (χ4n) is 3.43. The molecule has 1 saturated heterocycles. The van der Waals surface area contributed by atoms with Crippen LogP contribution >= 0.6 is 0 Å². The molecule has 1 aliphatic heterocycles. The van der Waals surface area contributed by atoms with E-state index >= 15 is 0 Å². The second kappa shape index (κ2) is 9.41. The van der Waals surface area contributed by atoms with E-state index in [4.69, 9.17) is 9.47 Å². The van der Waals surface area contributed by atoms with E-state index in [1.807, 2.05) is 0 Å². The fourth-order valence-corrected chi connectivity index (χ4v) is 3.43. The Labute approximate surface area is 133 Å². The highest BCUT2D eigenvalue weighted by molar-refractivity contribution is 5.56. The minimum atomic E-state index is -1.08. The van der Waals surface area contributed by atoms with Gasteiger partial charge >= 0.3 is 0 Å². The zero-order chi connectivity index (χ0) is 15.8. The van der Waals surface area contributed by atoms with Crippen molar-refractivity contribution in [3.8, 4) is 0 Å². The molecule has 1 unspecified atom stereocenters. The topological polar surface area (TPSA) is 35.5 Å². The van der Waals surface area contributed by atoms with E-state index in [1.165, 1.54) is 12.8 Å². The highest BCUT2D eigenvalue weighted by Gasteiger charge is 2.44. The monoisotopic (exact) mass is 312 g/mol. The van der Waals surface area contributed by atoms with Crippen LogP contribution in [-0.2, 0) is 14.3 Å². The normalized spacial score (nSPS) is 36.0. The molecule has 0 spiro atoms. The average molecular weight is 312 g/mol. The Morgan fingerprint density at radius 1 is 1.32 bits per heavy atom. The van der Waals surface area contributed by atoms with Gasteiger partial charge < -0.3 is 14.3 Å². The molecular weight excluding hydrogens is 283 g/mol. The molecule has 3 nitrogen and oxygen atoms in total. The first-order valence-electron chi connectivity index (χ1n) is 8.77. The number of unbranched alkanes of at least 4 members (excludes halogenated alkanes) is 2. The smallest absolute Gasteiger partial charge is 0.157 e. The Morgan fingerprint density at radius 2 is 2.18 bits per heavy atom. The van der Waals surface area contributed by atoms with Crippen LogP contribution < -0.4 is 0 Å². The maximum Gasteiger partial charge on any atom is 0.157 e. The lowest BCUT2D eigenvalue weighted by Crippen LogP contribution is -2.31. The predicted molar refractivity (Wildman–Crippen MR) is 84.3 cm³/mol. The summed E-state index contributed by atoms with van der Waals surface area (Å²) >= 11 is 0. The van der Waals surface area contributed by atoms with Crippen molar-refractivity contribution in [2.24, 2.45) is 11.8 Å². The fraction of sp³-hybridized carbons (Fsp3) is 0.833. The molecule has 0 bridgehead atoms. The molecule has 2 fully saturated rings. The maximum absolute atomic E-state index is 14.1. The van der Waals surface area contributed by atoms with Crippen LogP contribution in [0.1, 0.15) is 58.3 Å². The van der Waals surface area contributed by atoms with Gasteiger partial charge in [-0.1, -0.05) is 31.9 Å². The molecule has 126 valence electrons. The standard InChI is InChI=1S/C18H29FO3/c1-2-3-4-5-6-9-14-15(13-20)16(19)12-17(14)22-18-10-7-8-11-21-18/h5-6,13-18H,2-4,7-12H2,1H3/b6-5-/t14-,15-,16+,17+,18?/m1/s1. The lowest BCUT2D eigenvalue weighted by Gasteiger charge is -2.29. The Kier molecular flexibility index (Phi) is 7.53. The highest BCUT2D eigenvalue weighted by Crippen LogP contribution is 2.39. The van der Waals surface area contributed by atoms with E-state index in [9.17, 15) is 9.18 Å². The van der Waals surface area contributed by atoms with E-state index in [0.717, 1.165) is 38.6 Å². The quantitative estimate of drug-likeness (QED) is 0.383. The van der Waals surface area contributed by atoms with E-state index < -0.39 is 12.1 Å². The van der Waals surface area contributed by atoms with Crippen LogP contribution in [0.3, 0.4) is 0 Å². The van der Waals surface area contributed by atoms with Gasteiger partial charge in [-0.2, -0.15) is 0 Å². The van der Waals surface area contributed by atoms with Gasteiger partial charge in [0.2, 0.25) is 0 Å². The summed E-state index contributed by atoms with van der Waals surface area (Å²) in [6.45, 7) is 2.88. The molecule has 5 atom stereocenters. The van der Waals surface area contributed by atoms with Crippen molar-refractivity contribution < 1.29 is 18.7 Å². The van der Waals surface area contributed by atoms with Gasteiger partial charge in [0.1, 0.15) is 12.5 Å². The summed E-state index contributed by atoms with van der Waals surface area (Å²) in [5.41, 5.74) is 0. The highest BCUT2D eigenvalue weighted by atomic mass is 19.1. The Morgan fingerprint density at radius 3 is 2.86 bits per heavy atom. The third-order valence-electron chi connectivity index (χ3n) is 4.77. The Hall–Kier alpha value is -0.740. The first-order chi connectivity index (χ1) is 10.8. The van der Waals surface area contributed by atoms with Crippen molar-refractivity contribution in [1.29, 1.82) is 0 Å². The lowest BCUT2D eigenvalue weighted by atomic mass is 9.91. The van der Waals surface area contributed by atoms with Crippen molar-refractivity contribution in [1.82, 2.24) is 0 Å². The zero-order valence-electron chi connectivity index (χ0n) is 13.6. The second-order valence-electron chi connectivity index (χ2n) is 6.45. The van der Waals surface area contributed by atoms with Crippen LogP contribution in [0, 0.1) is 11.8 Å². The average Bonchev–Trinajstić information content (AvgIpc) is 2.83. The van der Waals surface area contributed by atoms with Gasteiger partial charge in [0.25, 0.3) is 0 Å². The number of allylic oxidation sites excluding steroid dienone is 2. The second-order valence-corrected chi connectivity index (χ2v) is 6.45. The molecule has 1 aliphatic carbocycles. The largest absolute Gasteiger partial charge is 0.353 e. The van der Waals surface area contributed by atoms with Gasteiger partial charge in [-0.05, 0) is 32.1 Å². The lowest BCUT2D eigenvalue weighted by molar-refractivity contribution is -0.195. The molecule has 2 aliphatic rings. The predicted octanol–water partition coefficient (Wildman–Crippen LogP) is 4.21. The van der Waals surface area contributed by atoms with E-state index in [2.05, 4.69) is 19.1 Å². The van der Waals surface area contributed by atoms with Gasteiger partial charge in [0.05, 0.1) is 12.0 Å². The molecule has 0 N–H and O–H groups in total. The molecule has 0 radical (unpaired) electrons. The van der Waals surface area contributed by atoms with Crippen LogP contribution in [0.2, 0.25) is 0 Å². The Bertz CT molecular complexity index is 352. The molecular formula is C18H29FO3. The first-order valence-corrected chi connectivity index (χ1v) is 8.77. The van der Waals surface area contributed by atoms with Crippen LogP contribution in [-0.4, -0.2) is 31.5 Å². The number of aldehydes is 1. The minimum absolute atomic E-state index is 0.0593. The number of alkyl halides is 1. The summed E-state index contributed by atoms with van der Waals surface area (Å²) in [5.74, 6) is -0.597. The summed E-state index contributed by atoms with van der Waals surface area (Å²) < 4.78 is 25.7. The maximum atomic E-state index is 14.1. The molecule has 0 amide bonds. The van der Waals surface area contributed by atoms with Gasteiger partial charge in [0.15, 0.2) is 6.29 Å². The van der Waals surface area contributed by atoms with Gasteiger partial charge in [-0.15, -0.1) is 0 Å². The van der Waals surface area contributed by atoms with Gasteiger partial charge in [-0.3, -0.25) is 0 Å². The molecule has 1 heterocycles. The third-order valence-corrected chi connectivity index (χ3v) is 4.77. The van der Waals surface area contributed by atoms with Crippen LogP contribution in [0.4, 0.5) is 4.39 Å². The van der Waals surface area contributed by atoms with Crippen molar-refractivity contribution in [3.05, 3.63) is 12.2 Å². The van der Waals surface area contributed by atoms with Crippen LogP contribution in [0.5, 0.6) is 0 Å². The van der Waals surface area contributed by atoms with Crippen molar-refractivity contribution in [2.45, 2.75) is 76.9 Å². The third kappa shape index (κ3) is 4.88. The molecule has 22 heavy (non-hydrogen) atoms. The summed E-state index contributed by atoms with van der Waals surface area (Å²) in [6.07, 6.45) is 10.9. The van der Waals surface area contributed by atoms with Crippen LogP contribution in [0.15, 0.2) is 12.2 Å². The number of halogens is 1. The van der Waals surface area contributed by atoms with E-state index in [-0.39, 0.29) is 18.3 Å². The van der Waals surface area contributed by atoms with Gasteiger partial charge in [-0.25, -0.2) is 4.39 Å². The number of hydrogen-bond donors (Lipinski definition) is 0. The van der Waals surface area contributed by atoms with Crippen molar-refractivity contribution >= 4 is 6.29 Å². The Balaban J connectivity index is 1.90. The van der Waals surface area contributed by atoms with Crippen molar-refractivity contribution in [3.63, 3.8) is 0 Å². The van der Waals surface area contributed by atoms with Crippen LogP contribution in [0.25, 0.3) is 0 Å². The SMILES string of the molecule is CCCC/C=C\C[C@@H]1[C@@H](C=O)[C@@H](F)C[C@@H]1OC1CCCCO1. The van der Waals surface area contributed by atoms with E-state index in [1.54, 1.807) is 0 Å². The first kappa shape index (κ1) is 17.6. The zero-order valence-corrected chi connectivity index (χ0v) is 13.6. The summed E-state index contributed by atoms with van der Waals surface area (Å²) in [5, 5.41) is 0. The molecule has 4 heteroatoms. The number of carbonyl (C=O) groups excluding carboxylic acids is 1. The summed E-state index contributed by atoms with van der Waals surface area (Å²) in [7, 11) is 0. The summed E-state index contributed by atoms with van der Waals surface area (Å²) in [4.78, 5) is 11.3. The molecule has 0 aromatic rings. The number of rotatable bonds is 8. The molecule has 0 aromatic carbocycles. The summed E-state index contributed by atoms with van der Waals surface area (Å²) in [6, 6.07) is 0. The minimum Gasteiger partial charge on any atom is -0.353 e. The number of ether oxygens (including phenoxy) is 2. The molecule has 2 rings (SSSR count). The van der Waals surface area contributed by atoms with E-state index in [0.29, 0.717) is 12.8 Å². The molecule has 0 aromatic heterocycles. The van der Waals surface area contributed by atoms with Crippen molar-refractivity contribution in [2.75, 3.05) is 6.61 Å². The molecule has 1 saturated carbocycles. The number of carbonyl (C=O) groups is 1. The van der Waals surface area contributed by atoms with Gasteiger partial charge in [0, 0.05) is 18.9 Å².